The number of nitrogens with one attached hydrogen (secondary N) is 2. The van der Waals surface area contributed by atoms with Gasteiger partial charge < -0.3 is 15.4 Å². The molecule has 0 radical (unpaired) electrons. The van der Waals surface area contributed by atoms with E-state index in [0.29, 0.717) is 5.11 Å². The smallest absolute Gasteiger partial charge is 0.172 e. The average Bonchev–Trinajstić information content (AvgIpc) is 2.54. The van der Waals surface area contributed by atoms with Crippen molar-refractivity contribution in [3.8, 4) is 5.75 Å². The van der Waals surface area contributed by atoms with Crippen molar-refractivity contribution in [3.63, 3.8) is 0 Å². The second-order valence-corrected chi connectivity index (χ2v) is 6.23. The molecule has 1 aromatic heterocycles. The predicted octanol–water partition coefficient (Wildman–Crippen LogP) is 3.76. The summed E-state index contributed by atoms with van der Waals surface area (Å²) in [7, 11) is 1.70. The van der Waals surface area contributed by atoms with E-state index in [0.717, 1.165) is 36.4 Å². The number of methoxy groups -OCH3 is 1. The van der Waals surface area contributed by atoms with Crippen LogP contribution in [0.4, 0.5) is 5.82 Å². The standard InChI is InChI=1S/C18H21N3OS/c1-12-8-9-19-17(10-12)21-18(23)20-16-5-3-4-13-11-14(22-2)6-7-15(13)16/h6-11,16H,3-5H2,1-2H3,(H2,19,20,21,23). The van der Waals surface area contributed by atoms with Crippen molar-refractivity contribution in [2.45, 2.75) is 32.2 Å². The van der Waals surface area contributed by atoms with Gasteiger partial charge in [0.2, 0.25) is 0 Å². The number of ether oxygens (including phenoxy) is 1. The minimum atomic E-state index is 0.231. The summed E-state index contributed by atoms with van der Waals surface area (Å²) in [5.41, 5.74) is 3.79. The number of thiocarbonyl (C=S) groups is 1. The zero-order valence-electron chi connectivity index (χ0n) is 13.4. The van der Waals surface area contributed by atoms with Gasteiger partial charge in [-0.15, -0.1) is 0 Å². The van der Waals surface area contributed by atoms with E-state index in [1.807, 2.05) is 25.1 Å². The van der Waals surface area contributed by atoms with Crippen molar-refractivity contribution < 1.29 is 4.74 Å². The molecule has 3 rings (SSSR count). The Labute approximate surface area is 142 Å². The summed E-state index contributed by atoms with van der Waals surface area (Å²) in [5.74, 6) is 1.68. The van der Waals surface area contributed by atoms with E-state index in [2.05, 4.69) is 27.8 Å². The lowest BCUT2D eigenvalue weighted by molar-refractivity contribution is 0.412. The molecular formula is C18H21N3OS. The largest absolute Gasteiger partial charge is 0.497 e. The van der Waals surface area contributed by atoms with Crippen LogP contribution in [0.25, 0.3) is 0 Å². The highest BCUT2D eigenvalue weighted by atomic mass is 32.1. The molecule has 1 aliphatic rings. The summed E-state index contributed by atoms with van der Waals surface area (Å²) < 4.78 is 5.32. The number of fused-ring (bicyclic) bond motifs is 1. The fourth-order valence-electron chi connectivity index (χ4n) is 2.98. The van der Waals surface area contributed by atoms with Crippen molar-refractivity contribution in [2.75, 3.05) is 12.4 Å². The van der Waals surface area contributed by atoms with Gasteiger partial charge in [0, 0.05) is 6.20 Å². The molecule has 1 atom stereocenters. The maximum Gasteiger partial charge on any atom is 0.172 e. The number of pyridine rings is 1. The first-order valence-electron chi connectivity index (χ1n) is 7.82. The summed E-state index contributed by atoms with van der Waals surface area (Å²) in [6.07, 6.45) is 5.08. The predicted molar refractivity (Wildman–Crippen MR) is 97.0 cm³/mol. The lowest BCUT2D eigenvalue weighted by atomic mass is 9.87. The second-order valence-electron chi connectivity index (χ2n) is 5.83. The summed E-state index contributed by atoms with van der Waals surface area (Å²) in [5, 5.41) is 7.20. The Balaban J connectivity index is 1.70. The zero-order chi connectivity index (χ0) is 16.2. The Bertz CT molecular complexity index is 717. The summed E-state index contributed by atoms with van der Waals surface area (Å²) in [4.78, 5) is 4.28. The molecule has 0 bridgehead atoms. The van der Waals surface area contributed by atoms with Crippen LogP contribution in [0.15, 0.2) is 36.5 Å². The Kier molecular flexibility index (Phi) is 4.76. The molecule has 120 valence electrons. The Morgan fingerprint density at radius 2 is 2.17 bits per heavy atom. The molecule has 0 spiro atoms. The third kappa shape index (κ3) is 3.79. The van der Waals surface area contributed by atoms with E-state index in [1.54, 1.807) is 13.3 Å². The topological polar surface area (TPSA) is 46.2 Å². The first-order chi connectivity index (χ1) is 11.2. The molecule has 0 saturated carbocycles. The monoisotopic (exact) mass is 327 g/mol. The van der Waals surface area contributed by atoms with Gasteiger partial charge in [0.05, 0.1) is 13.2 Å². The molecule has 23 heavy (non-hydrogen) atoms. The quantitative estimate of drug-likeness (QED) is 0.841. The fraction of sp³-hybridized carbons (Fsp3) is 0.333. The first kappa shape index (κ1) is 15.7. The molecule has 5 heteroatoms. The van der Waals surface area contributed by atoms with Crippen molar-refractivity contribution in [1.29, 1.82) is 0 Å². The highest BCUT2D eigenvalue weighted by Crippen LogP contribution is 2.32. The number of hydrogen-bond acceptors (Lipinski definition) is 3. The molecule has 1 heterocycles. The van der Waals surface area contributed by atoms with Gasteiger partial charge in [-0.25, -0.2) is 4.98 Å². The van der Waals surface area contributed by atoms with E-state index in [-0.39, 0.29) is 6.04 Å². The molecule has 1 unspecified atom stereocenters. The van der Waals surface area contributed by atoms with E-state index in [9.17, 15) is 0 Å². The molecule has 0 saturated heterocycles. The molecule has 0 fully saturated rings. The molecule has 2 N–H and O–H groups in total. The van der Waals surface area contributed by atoms with Gasteiger partial charge in [0.1, 0.15) is 11.6 Å². The van der Waals surface area contributed by atoms with Crippen LogP contribution in [0.5, 0.6) is 5.75 Å². The third-order valence-electron chi connectivity index (χ3n) is 4.13. The van der Waals surface area contributed by atoms with Gasteiger partial charge in [0.15, 0.2) is 5.11 Å². The summed E-state index contributed by atoms with van der Waals surface area (Å²) in [6, 6.07) is 10.5. The average molecular weight is 327 g/mol. The molecule has 1 aromatic carbocycles. The van der Waals surface area contributed by atoms with Crippen LogP contribution >= 0.6 is 12.2 Å². The minimum absolute atomic E-state index is 0.231. The number of hydrogen-bond donors (Lipinski definition) is 2. The van der Waals surface area contributed by atoms with E-state index in [4.69, 9.17) is 17.0 Å². The van der Waals surface area contributed by atoms with Gasteiger partial charge in [0.25, 0.3) is 0 Å². The van der Waals surface area contributed by atoms with Crippen LogP contribution < -0.4 is 15.4 Å². The maximum absolute atomic E-state index is 5.45. The number of rotatable bonds is 3. The van der Waals surface area contributed by atoms with E-state index >= 15 is 0 Å². The number of aromatic nitrogens is 1. The first-order valence-corrected chi connectivity index (χ1v) is 8.23. The molecular weight excluding hydrogens is 306 g/mol. The molecule has 0 amide bonds. The maximum atomic E-state index is 5.45. The summed E-state index contributed by atoms with van der Waals surface area (Å²) in [6.45, 7) is 2.04. The third-order valence-corrected chi connectivity index (χ3v) is 4.35. The van der Waals surface area contributed by atoms with Gasteiger partial charge in [-0.3, -0.25) is 0 Å². The van der Waals surface area contributed by atoms with Crippen LogP contribution in [-0.4, -0.2) is 17.2 Å². The van der Waals surface area contributed by atoms with Crippen molar-refractivity contribution >= 4 is 23.1 Å². The highest BCUT2D eigenvalue weighted by molar-refractivity contribution is 7.80. The Morgan fingerprint density at radius 1 is 1.30 bits per heavy atom. The van der Waals surface area contributed by atoms with Crippen molar-refractivity contribution in [2.24, 2.45) is 0 Å². The minimum Gasteiger partial charge on any atom is -0.497 e. The molecule has 1 aliphatic carbocycles. The highest BCUT2D eigenvalue weighted by Gasteiger charge is 2.21. The normalized spacial score (nSPS) is 16.3. The SMILES string of the molecule is COc1ccc2c(c1)CCCC2NC(=S)Nc1cc(C)ccn1. The zero-order valence-corrected chi connectivity index (χ0v) is 14.2. The van der Waals surface area contributed by atoms with Crippen LogP contribution in [-0.2, 0) is 6.42 Å². The van der Waals surface area contributed by atoms with Gasteiger partial charge in [-0.05, 0) is 79.4 Å². The van der Waals surface area contributed by atoms with Crippen LogP contribution in [0, 0.1) is 6.92 Å². The Morgan fingerprint density at radius 3 is 2.96 bits per heavy atom. The number of aryl methyl sites for hydroxylation is 2. The van der Waals surface area contributed by atoms with Gasteiger partial charge in [-0.2, -0.15) is 0 Å². The van der Waals surface area contributed by atoms with Gasteiger partial charge >= 0.3 is 0 Å². The van der Waals surface area contributed by atoms with Crippen LogP contribution in [0.1, 0.15) is 35.6 Å². The number of nitrogens with zero attached hydrogens (tertiary/aromatic N) is 1. The van der Waals surface area contributed by atoms with Crippen LogP contribution in [0.2, 0.25) is 0 Å². The lowest BCUT2D eigenvalue weighted by Crippen LogP contribution is -2.34. The Hall–Kier alpha value is -2.14. The van der Waals surface area contributed by atoms with Crippen molar-refractivity contribution in [1.82, 2.24) is 10.3 Å². The van der Waals surface area contributed by atoms with E-state index < -0.39 is 0 Å². The molecule has 4 nitrogen and oxygen atoms in total. The van der Waals surface area contributed by atoms with Crippen LogP contribution in [0.3, 0.4) is 0 Å². The number of benzene rings is 1. The lowest BCUT2D eigenvalue weighted by Gasteiger charge is -2.28. The molecule has 0 aliphatic heterocycles. The fourth-order valence-corrected chi connectivity index (χ4v) is 3.23. The van der Waals surface area contributed by atoms with E-state index in [1.165, 1.54) is 11.1 Å². The number of anilines is 1. The van der Waals surface area contributed by atoms with Gasteiger partial charge in [-0.1, -0.05) is 6.07 Å². The second kappa shape index (κ2) is 6.96. The van der Waals surface area contributed by atoms with Crippen molar-refractivity contribution in [3.05, 3.63) is 53.2 Å². The summed E-state index contributed by atoms with van der Waals surface area (Å²) >= 11 is 5.45. The molecule has 2 aromatic rings.